The van der Waals surface area contributed by atoms with Crippen molar-refractivity contribution < 1.29 is 28.3 Å². The van der Waals surface area contributed by atoms with Crippen molar-refractivity contribution in [1.82, 2.24) is 20.4 Å². The van der Waals surface area contributed by atoms with Gasteiger partial charge in [-0.3, -0.25) is 4.79 Å². The van der Waals surface area contributed by atoms with E-state index < -0.39 is 5.82 Å². The number of halogens is 1. The van der Waals surface area contributed by atoms with Crippen LogP contribution in [0.25, 0.3) is 16.8 Å². The van der Waals surface area contributed by atoms with Gasteiger partial charge in [0.25, 0.3) is 0 Å². The van der Waals surface area contributed by atoms with Crippen molar-refractivity contribution in [3.05, 3.63) is 53.1 Å². The van der Waals surface area contributed by atoms with Gasteiger partial charge in [-0.25, -0.2) is 9.37 Å². The number of aromatic amines is 1. The van der Waals surface area contributed by atoms with E-state index in [9.17, 15) is 5.11 Å². The highest BCUT2D eigenvalue weighted by Gasteiger charge is 2.31. The lowest BCUT2D eigenvalue weighted by Gasteiger charge is -2.27. The Morgan fingerprint density at radius 3 is 2.50 bits per heavy atom. The Kier molecular flexibility index (Phi) is 14.2. The van der Waals surface area contributed by atoms with E-state index in [4.69, 9.17) is 23.8 Å². The highest BCUT2D eigenvalue weighted by atomic mass is 19.1. The zero-order valence-electron chi connectivity index (χ0n) is 25.2. The van der Waals surface area contributed by atoms with E-state index >= 15 is 4.39 Å². The third kappa shape index (κ3) is 9.97. The molecule has 1 saturated carbocycles. The molecule has 1 aromatic carbocycles. The summed E-state index contributed by atoms with van der Waals surface area (Å²) in [7, 11) is 0. The zero-order chi connectivity index (χ0) is 31.1. The Bertz CT molecular complexity index is 1260. The molecule has 4 rings (SSSR count). The molecule has 2 aromatic heterocycles. The molecule has 0 spiro atoms. The number of benzene rings is 1. The number of nitrogens with zero attached hydrogens (tertiary/aromatic N) is 2. The summed E-state index contributed by atoms with van der Waals surface area (Å²) in [4.78, 5) is 24.7. The maximum atomic E-state index is 15.6. The summed E-state index contributed by atoms with van der Waals surface area (Å²) in [6, 6.07) is 3.32. The lowest BCUT2D eigenvalue weighted by molar-refractivity contribution is -0.107. The van der Waals surface area contributed by atoms with Gasteiger partial charge >= 0.3 is 0 Å². The molecule has 0 saturated heterocycles. The second-order valence-corrected chi connectivity index (χ2v) is 11.4. The molecular formula is C31H46FN5O5. The predicted molar refractivity (Wildman–Crippen MR) is 161 cm³/mol. The van der Waals surface area contributed by atoms with Gasteiger partial charge in [-0.2, -0.15) is 0 Å². The van der Waals surface area contributed by atoms with E-state index in [0.29, 0.717) is 23.9 Å². The molecule has 3 aromatic rings. The molecule has 1 unspecified atom stereocenters. The fraction of sp³-hybridized carbons (Fsp3) is 0.548. The average molecular weight is 588 g/mol. The van der Waals surface area contributed by atoms with Crippen LogP contribution in [-0.4, -0.2) is 52.1 Å². The molecule has 232 valence electrons. The van der Waals surface area contributed by atoms with E-state index in [2.05, 4.69) is 42.0 Å². The molecule has 0 bridgehead atoms. The van der Waals surface area contributed by atoms with Gasteiger partial charge in [0, 0.05) is 17.0 Å². The van der Waals surface area contributed by atoms with Crippen molar-refractivity contribution in [2.75, 3.05) is 13.2 Å². The molecule has 0 aliphatic heterocycles. The summed E-state index contributed by atoms with van der Waals surface area (Å²) in [5.41, 5.74) is 6.93. The van der Waals surface area contributed by atoms with Crippen LogP contribution >= 0.6 is 0 Å². The minimum atomic E-state index is -0.565. The Morgan fingerprint density at radius 1 is 1.26 bits per heavy atom. The van der Waals surface area contributed by atoms with Crippen molar-refractivity contribution >= 4 is 30.0 Å². The van der Waals surface area contributed by atoms with Crippen LogP contribution < -0.4 is 11.1 Å². The number of H-pyrrole nitrogens is 1. The Labute approximate surface area is 247 Å². The number of nitrogens with one attached hydrogen (secondary N) is 2. The average Bonchev–Trinajstić information content (AvgIpc) is 3.55. The van der Waals surface area contributed by atoms with Crippen LogP contribution in [0.15, 0.2) is 29.2 Å². The van der Waals surface area contributed by atoms with E-state index in [1.165, 1.54) is 38.4 Å². The quantitative estimate of drug-likeness (QED) is 0.134. The first-order valence-electron chi connectivity index (χ1n) is 14.5. The second kappa shape index (κ2) is 17.3. The Morgan fingerprint density at radius 2 is 1.90 bits per heavy atom. The van der Waals surface area contributed by atoms with Crippen LogP contribution in [0.1, 0.15) is 101 Å². The number of nitrogens with two attached hydrogens (primary N) is 1. The first kappa shape index (κ1) is 34.5. The smallest absolute Gasteiger partial charge is 0.204 e. The minimum Gasteiger partial charge on any atom is -0.504 e. The number of primary amides is 1. The van der Waals surface area contributed by atoms with Crippen LogP contribution in [0.2, 0.25) is 0 Å². The number of rotatable bonds is 9. The molecule has 1 aliphatic carbocycles. The van der Waals surface area contributed by atoms with Crippen molar-refractivity contribution in [3.63, 3.8) is 0 Å². The third-order valence-corrected chi connectivity index (χ3v) is 7.21. The number of aliphatic hydroxyl groups is 1. The lowest BCUT2D eigenvalue weighted by atomic mass is 9.78. The Balaban J connectivity index is 0.00000116. The first-order valence-corrected chi connectivity index (χ1v) is 14.5. The van der Waals surface area contributed by atoms with Crippen molar-refractivity contribution in [2.45, 2.75) is 90.5 Å². The lowest BCUT2D eigenvalue weighted by Crippen LogP contribution is -2.36. The number of carbonyl (C=O) groups excluding carboxylic acids is 2. The van der Waals surface area contributed by atoms with Gasteiger partial charge in [0.05, 0.1) is 23.4 Å². The molecule has 10 nitrogen and oxygen atoms in total. The standard InChI is InChI=1S/C29H41FN4O3.CH3NO.CH2O/c1-19-22(17-37-34-19)25(20-11-8-6-5-7-9-12-20)28-32-23-14-13-21(26(30)27(23)33-28)24(35)18-36-16-10-15-31-29(2,3)4;2-1-3;1-2/h13-14,17-18,20,25,31,35H,5-12,15-16H2,1-4H3,(H,32,33);1H,(H2,2,3);1H2/b24-18-;;. The van der Waals surface area contributed by atoms with E-state index in [1.54, 1.807) is 18.4 Å². The number of aromatic nitrogens is 3. The zero-order valence-corrected chi connectivity index (χ0v) is 25.2. The molecule has 5 N–H and O–H groups in total. The number of fused-ring (bicyclic) bond motifs is 1. The number of carbonyl (C=O) groups is 2. The van der Waals surface area contributed by atoms with Gasteiger partial charge in [0.1, 0.15) is 30.7 Å². The van der Waals surface area contributed by atoms with Crippen molar-refractivity contribution in [2.24, 2.45) is 11.7 Å². The van der Waals surface area contributed by atoms with Gasteiger partial charge in [-0.15, -0.1) is 0 Å². The van der Waals surface area contributed by atoms with Gasteiger partial charge in [0.2, 0.25) is 6.41 Å². The molecule has 1 amide bonds. The van der Waals surface area contributed by atoms with Gasteiger partial charge in [0.15, 0.2) is 11.6 Å². The molecule has 1 atom stereocenters. The van der Waals surface area contributed by atoms with Crippen molar-refractivity contribution in [1.29, 1.82) is 0 Å². The van der Waals surface area contributed by atoms with Gasteiger partial charge in [-0.05, 0) is 71.6 Å². The van der Waals surface area contributed by atoms with Crippen LogP contribution in [0.5, 0.6) is 0 Å². The first-order chi connectivity index (χ1) is 20.2. The predicted octanol–water partition coefficient (Wildman–Crippen LogP) is 6.06. The third-order valence-electron chi connectivity index (χ3n) is 7.21. The van der Waals surface area contributed by atoms with Gasteiger partial charge in [-0.1, -0.05) is 37.3 Å². The van der Waals surface area contributed by atoms with E-state index in [-0.39, 0.29) is 34.7 Å². The summed E-state index contributed by atoms with van der Waals surface area (Å²) in [5.74, 6) is 0.225. The molecule has 42 heavy (non-hydrogen) atoms. The fourth-order valence-electron chi connectivity index (χ4n) is 5.27. The highest BCUT2D eigenvalue weighted by molar-refractivity contribution is 5.80. The van der Waals surface area contributed by atoms with E-state index in [0.717, 1.165) is 37.1 Å². The fourth-order valence-corrected chi connectivity index (χ4v) is 5.27. The summed E-state index contributed by atoms with van der Waals surface area (Å²) in [6.07, 6.45) is 12.2. The Hall–Kier alpha value is -3.73. The maximum absolute atomic E-state index is 15.6. The maximum Gasteiger partial charge on any atom is 0.204 e. The second-order valence-electron chi connectivity index (χ2n) is 11.4. The normalized spacial score (nSPS) is 15.4. The topological polar surface area (TPSA) is 156 Å². The number of ether oxygens (including phenoxy) is 1. The van der Waals surface area contributed by atoms with E-state index in [1.807, 2.05) is 13.7 Å². The molecule has 11 heteroatoms. The van der Waals surface area contributed by atoms with Crippen LogP contribution in [0.3, 0.4) is 0 Å². The molecule has 1 aliphatic rings. The minimum absolute atomic E-state index is 0.0419. The number of imidazole rings is 1. The summed E-state index contributed by atoms with van der Waals surface area (Å²) < 4.78 is 26.3. The van der Waals surface area contributed by atoms with Crippen molar-refractivity contribution in [3.8, 4) is 0 Å². The molecular weight excluding hydrogens is 541 g/mol. The SMILES string of the molecule is C=O.Cc1nocc1C(c1nc2c(F)c(/C(O)=C/OCCCNC(C)(C)C)ccc2[nH]1)C1CCCCCCC1.NC=O. The molecule has 2 heterocycles. The van der Waals surface area contributed by atoms with Crippen LogP contribution in [-0.2, 0) is 14.3 Å². The molecule has 1 fully saturated rings. The number of aryl methyl sites for hydroxylation is 1. The molecule has 0 radical (unpaired) electrons. The monoisotopic (exact) mass is 587 g/mol. The van der Waals surface area contributed by atoms with Crippen LogP contribution in [0.4, 0.5) is 4.39 Å². The summed E-state index contributed by atoms with van der Waals surface area (Å²) in [6.45, 7) is 11.5. The van der Waals surface area contributed by atoms with Crippen LogP contribution in [0, 0.1) is 18.7 Å². The summed E-state index contributed by atoms with van der Waals surface area (Å²) in [5, 5.41) is 18.0. The van der Waals surface area contributed by atoms with Gasteiger partial charge < -0.3 is 35.2 Å². The number of aliphatic hydroxyl groups excluding tert-OH is 1. The number of hydrogen-bond donors (Lipinski definition) is 4. The highest BCUT2D eigenvalue weighted by Crippen LogP contribution is 2.40. The summed E-state index contributed by atoms with van der Waals surface area (Å²) >= 11 is 0. The number of amides is 1. The number of hydrogen-bond acceptors (Lipinski definition) is 8. The largest absolute Gasteiger partial charge is 0.504 e.